The van der Waals surface area contributed by atoms with E-state index in [0.717, 1.165) is 38.9 Å². The number of hydrogen-bond donors (Lipinski definition) is 3. The van der Waals surface area contributed by atoms with Gasteiger partial charge in [0.05, 0.1) is 6.54 Å². The normalized spacial score (nSPS) is 28.9. The van der Waals surface area contributed by atoms with E-state index in [1.165, 1.54) is 13.3 Å². The highest BCUT2D eigenvalue weighted by Gasteiger charge is 2.37. The molecule has 0 radical (unpaired) electrons. The fourth-order valence-corrected chi connectivity index (χ4v) is 4.11. The molecule has 7 nitrogen and oxygen atoms in total. The molecule has 1 amide bonds. The van der Waals surface area contributed by atoms with Crippen LogP contribution in [0.4, 0.5) is 0 Å². The molecule has 4 unspecified atom stereocenters. The standard InChI is InChI=1S/C18H31N3O4/c1-4-21(10-12(2)25-20-13(3)22)11-14-5-6-15-9-19-17(18(23)24)8-16(15)7-14/h14-17,19H,2,4-11H2,1,3H3,(H,20,22)(H,23,24). The molecule has 7 heteroatoms. The highest BCUT2D eigenvalue weighted by Crippen LogP contribution is 2.38. The lowest BCUT2D eigenvalue weighted by atomic mass is 9.69. The lowest BCUT2D eigenvalue weighted by Crippen LogP contribution is -2.50. The summed E-state index contributed by atoms with van der Waals surface area (Å²) in [5.74, 6) is 1.23. The molecular weight excluding hydrogens is 322 g/mol. The summed E-state index contributed by atoms with van der Waals surface area (Å²) in [7, 11) is 0. The number of aliphatic carboxylic acids is 1. The van der Waals surface area contributed by atoms with Crippen molar-refractivity contribution < 1.29 is 19.5 Å². The molecule has 1 saturated heterocycles. The Labute approximate surface area is 149 Å². The number of likely N-dealkylation sites (N-methyl/N-ethyl adjacent to an activating group) is 1. The molecule has 4 atom stereocenters. The quantitative estimate of drug-likeness (QED) is 0.451. The first kappa shape index (κ1) is 19.7. The smallest absolute Gasteiger partial charge is 0.320 e. The van der Waals surface area contributed by atoms with Gasteiger partial charge in [-0.15, -0.1) is 0 Å². The predicted octanol–water partition coefficient (Wildman–Crippen LogP) is 1.37. The molecule has 0 bridgehead atoms. The van der Waals surface area contributed by atoms with Crippen LogP contribution in [0.3, 0.4) is 0 Å². The second-order valence-electron chi connectivity index (χ2n) is 7.36. The van der Waals surface area contributed by atoms with Gasteiger partial charge in [-0.05, 0) is 56.5 Å². The Morgan fingerprint density at radius 1 is 1.32 bits per heavy atom. The van der Waals surface area contributed by atoms with Crippen LogP contribution in [0.15, 0.2) is 12.3 Å². The summed E-state index contributed by atoms with van der Waals surface area (Å²) in [5.41, 5.74) is 2.30. The number of piperidine rings is 1. The number of amides is 1. The molecule has 2 fully saturated rings. The third kappa shape index (κ3) is 6.01. The average molecular weight is 353 g/mol. The van der Waals surface area contributed by atoms with E-state index in [4.69, 9.17) is 4.84 Å². The fourth-order valence-electron chi connectivity index (χ4n) is 4.11. The van der Waals surface area contributed by atoms with E-state index in [9.17, 15) is 14.7 Å². The topological polar surface area (TPSA) is 90.9 Å². The second-order valence-corrected chi connectivity index (χ2v) is 7.36. The number of carboxylic acids is 1. The molecule has 0 spiro atoms. The minimum absolute atomic E-state index is 0.249. The van der Waals surface area contributed by atoms with Gasteiger partial charge in [-0.2, -0.15) is 5.48 Å². The van der Waals surface area contributed by atoms with E-state index in [2.05, 4.69) is 29.2 Å². The van der Waals surface area contributed by atoms with Crippen LogP contribution < -0.4 is 10.8 Å². The lowest BCUT2D eigenvalue weighted by molar-refractivity contribution is -0.141. The maximum absolute atomic E-state index is 11.2. The van der Waals surface area contributed by atoms with Crippen molar-refractivity contribution in [2.24, 2.45) is 17.8 Å². The third-order valence-electron chi connectivity index (χ3n) is 5.41. The van der Waals surface area contributed by atoms with Gasteiger partial charge in [-0.1, -0.05) is 13.5 Å². The highest BCUT2D eigenvalue weighted by atomic mass is 16.7. The Balaban J connectivity index is 1.81. The minimum atomic E-state index is -0.734. The summed E-state index contributed by atoms with van der Waals surface area (Å²) in [5, 5.41) is 12.4. The molecule has 2 aliphatic rings. The van der Waals surface area contributed by atoms with Crippen LogP contribution in [0.1, 0.15) is 39.5 Å². The summed E-state index contributed by atoms with van der Waals surface area (Å²) in [6.45, 7) is 10.6. The van der Waals surface area contributed by atoms with Crippen LogP contribution in [0.25, 0.3) is 0 Å². The van der Waals surface area contributed by atoms with Gasteiger partial charge in [0.1, 0.15) is 11.8 Å². The zero-order valence-corrected chi connectivity index (χ0v) is 15.3. The van der Waals surface area contributed by atoms with Crippen molar-refractivity contribution >= 4 is 11.9 Å². The van der Waals surface area contributed by atoms with E-state index in [1.54, 1.807) is 0 Å². The van der Waals surface area contributed by atoms with Gasteiger partial charge in [0.15, 0.2) is 0 Å². The molecule has 2 rings (SSSR count). The number of carbonyl (C=O) groups excluding carboxylic acids is 1. The SMILES string of the molecule is C=C(CN(CC)CC1CCC2CNC(C(=O)O)CC2C1)ONC(C)=O. The number of rotatable bonds is 8. The number of carbonyl (C=O) groups is 2. The zero-order valence-electron chi connectivity index (χ0n) is 15.3. The van der Waals surface area contributed by atoms with Crippen molar-refractivity contribution in [1.29, 1.82) is 0 Å². The van der Waals surface area contributed by atoms with Crippen LogP contribution in [-0.4, -0.2) is 54.1 Å². The van der Waals surface area contributed by atoms with Crippen molar-refractivity contribution in [3.8, 4) is 0 Å². The summed E-state index contributed by atoms with van der Waals surface area (Å²) in [6.07, 6.45) is 4.16. The summed E-state index contributed by atoms with van der Waals surface area (Å²) in [6, 6.07) is -0.395. The largest absolute Gasteiger partial charge is 0.480 e. The molecule has 0 aromatic rings. The lowest BCUT2D eigenvalue weighted by Gasteiger charge is -2.42. The molecular formula is C18H31N3O4. The first-order valence-electron chi connectivity index (χ1n) is 9.18. The fraction of sp³-hybridized carbons (Fsp3) is 0.778. The Bertz CT molecular complexity index is 497. The van der Waals surface area contributed by atoms with Gasteiger partial charge in [-0.3, -0.25) is 14.5 Å². The molecule has 1 aliphatic carbocycles. The van der Waals surface area contributed by atoms with Crippen molar-refractivity contribution in [2.75, 3.05) is 26.2 Å². The van der Waals surface area contributed by atoms with Gasteiger partial charge in [0.25, 0.3) is 0 Å². The van der Waals surface area contributed by atoms with Gasteiger partial charge >= 0.3 is 5.97 Å². The van der Waals surface area contributed by atoms with E-state index in [1.807, 2.05) is 0 Å². The Morgan fingerprint density at radius 2 is 2.08 bits per heavy atom. The third-order valence-corrected chi connectivity index (χ3v) is 5.41. The van der Waals surface area contributed by atoms with Crippen molar-refractivity contribution in [3.05, 3.63) is 12.3 Å². The maximum Gasteiger partial charge on any atom is 0.320 e. The van der Waals surface area contributed by atoms with Crippen molar-refractivity contribution in [2.45, 2.75) is 45.6 Å². The number of hydroxylamine groups is 1. The van der Waals surface area contributed by atoms with Crippen LogP contribution in [0.2, 0.25) is 0 Å². The number of fused-ring (bicyclic) bond motifs is 1. The summed E-state index contributed by atoms with van der Waals surface area (Å²) < 4.78 is 0. The van der Waals surface area contributed by atoms with E-state index in [-0.39, 0.29) is 5.91 Å². The Hall–Kier alpha value is -1.60. The van der Waals surface area contributed by atoms with E-state index < -0.39 is 12.0 Å². The molecule has 1 heterocycles. The monoisotopic (exact) mass is 353 g/mol. The van der Waals surface area contributed by atoms with Crippen LogP contribution in [0, 0.1) is 17.8 Å². The van der Waals surface area contributed by atoms with Gasteiger partial charge in [-0.25, -0.2) is 0 Å². The molecule has 3 N–H and O–H groups in total. The number of nitrogens with one attached hydrogen (secondary N) is 2. The van der Waals surface area contributed by atoms with E-state index >= 15 is 0 Å². The molecule has 142 valence electrons. The zero-order chi connectivity index (χ0) is 18.4. The maximum atomic E-state index is 11.2. The van der Waals surface area contributed by atoms with Crippen LogP contribution in [0.5, 0.6) is 0 Å². The highest BCUT2D eigenvalue weighted by molar-refractivity contribution is 5.73. The second kappa shape index (κ2) is 9.20. The van der Waals surface area contributed by atoms with Crippen molar-refractivity contribution in [3.63, 3.8) is 0 Å². The van der Waals surface area contributed by atoms with Gasteiger partial charge in [0, 0.05) is 13.5 Å². The first-order chi connectivity index (χ1) is 11.9. The Morgan fingerprint density at radius 3 is 2.72 bits per heavy atom. The Kier molecular flexibility index (Phi) is 7.25. The average Bonchev–Trinajstić information content (AvgIpc) is 2.58. The van der Waals surface area contributed by atoms with E-state index in [0.29, 0.717) is 30.1 Å². The van der Waals surface area contributed by atoms with Crippen molar-refractivity contribution in [1.82, 2.24) is 15.7 Å². The summed E-state index contributed by atoms with van der Waals surface area (Å²) >= 11 is 0. The molecule has 25 heavy (non-hydrogen) atoms. The van der Waals surface area contributed by atoms with Gasteiger partial charge in [0.2, 0.25) is 5.91 Å². The predicted molar refractivity (Wildman–Crippen MR) is 94.5 cm³/mol. The molecule has 1 saturated carbocycles. The molecule has 1 aliphatic heterocycles. The first-order valence-corrected chi connectivity index (χ1v) is 9.18. The number of nitrogens with zero attached hydrogens (tertiary/aromatic N) is 1. The number of hydrogen-bond acceptors (Lipinski definition) is 5. The van der Waals surface area contributed by atoms with Gasteiger partial charge < -0.3 is 15.3 Å². The number of carboxylic acid groups (broad SMARTS) is 1. The van der Waals surface area contributed by atoms with Crippen LogP contribution in [-0.2, 0) is 14.4 Å². The summed E-state index contributed by atoms with van der Waals surface area (Å²) in [4.78, 5) is 29.5. The molecule has 0 aromatic heterocycles. The molecule has 0 aromatic carbocycles. The minimum Gasteiger partial charge on any atom is -0.480 e. The van der Waals surface area contributed by atoms with Crippen LogP contribution >= 0.6 is 0 Å².